The first kappa shape index (κ1) is 18.1. The third-order valence-corrected chi connectivity index (χ3v) is 6.54. The van der Waals surface area contributed by atoms with Crippen molar-refractivity contribution in [1.29, 1.82) is 0 Å². The monoisotopic (exact) mass is 414 g/mol. The van der Waals surface area contributed by atoms with Gasteiger partial charge in [0, 0.05) is 24.6 Å². The Morgan fingerprint density at radius 1 is 1.14 bits per heavy atom. The number of nitrogens with one attached hydrogen (secondary N) is 2. The fourth-order valence-corrected chi connectivity index (χ4v) is 4.97. The summed E-state index contributed by atoms with van der Waals surface area (Å²) in [6, 6.07) is 11.6. The molecule has 150 valence electrons. The molecule has 1 spiro atoms. The molecule has 10 heteroatoms. The van der Waals surface area contributed by atoms with Crippen LogP contribution in [0.25, 0.3) is 10.9 Å². The van der Waals surface area contributed by atoms with Crippen LogP contribution in [0.15, 0.2) is 53.6 Å². The van der Waals surface area contributed by atoms with Gasteiger partial charge in [-0.3, -0.25) is 9.52 Å². The van der Waals surface area contributed by atoms with Crippen LogP contribution in [0.2, 0.25) is 0 Å². The second-order valence-corrected chi connectivity index (χ2v) is 9.08. The van der Waals surface area contributed by atoms with Crippen molar-refractivity contribution in [3.63, 3.8) is 0 Å². The number of aromatic nitrogens is 2. The van der Waals surface area contributed by atoms with Crippen LogP contribution in [0.1, 0.15) is 0 Å². The van der Waals surface area contributed by atoms with Crippen LogP contribution in [0.3, 0.4) is 0 Å². The van der Waals surface area contributed by atoms with E-state index in [1.54, 1.807) is 42.5 Å². The highest BCUT2D eigenvalue weighted by Crippen LogP contribution is 2.39. The van der Waals surface area contributed by atoms with Gasteiger partial charge < -0.3 is 14.5 Å². The van der Waals surface area contributed by atoms with Crippen LogP contribution in [0.5, 0.6) is 11.5 Å². The number of aromatic amines is 1. The quantitative estimate of drug-likeness (QED) is 0.657. The molecule has 0 bridgehead atoms. The molecular weight excluding hydrogens is 396 g/mol. The van der Waals surface area contributed by atoms with Gasteiger partial charge in [-0.2, -0.15) is 12.7 Å². The van der Waals surface area contributed by atoms with E-state index in [0.717, 1.165) is 0 Å². The maximum atomic E-state index is 12.6. The van der Waals surface area contributed by atoms with Crippen molar-refractivity contribution in [2.45, 2.75) is 0 Å². The molecule has 0 atom stereocenters. The molecule has 2 aliphatic rings. The van der Waals surface area contributed by atoms with E-state index < -0.39 is 10.2 Å². The van der Waals surface area contributed by atoms with Crippen molar-refractivity contribution >= 4 is 26.8 Å². The zero-order valence-corrected chi connectivity index (χ0v) is 16.1. The molecule has 2 N–H and O–H groups in total. The van der Waals surface area contributed by atoms with Crippen molar-refractivity contribution in [3.8, 4) is 11.5 Å². The lowest BCUT2D eigenvalue weighted by Gasteiger charge is -2.53. The summed E-state index contributed by atoms with van der Waals surface area (Å²) >= 11 is 0. The first-order valence-electron chi connectivity index (χ1n) is 9.04. The molecule has 2 aliphatic heterocycles. The van der Waals surface area contributed by atoms with E-state index in [0.29, 0.717) is 54.4 Å². The number of anilines is 1. The number of ether oxygens (including phenoxy) is 2. The van der Waals surface area contributed by atoms with E-state index in [1.807, 2.05) is 0 Å². The number of benzene rings is 2. The third-order valence-electron chi connectivity index (χ3n) is 5.11. The summed E-state index contributed by atoms with van der Waals surface area (Å²) in [6.45, 7) is 2.18. The molecule has 2 fully saturated rings. The van der Waals surface area contributed by atoms with Crippen LogP contribution in [0, 0.1) is 5.41 Å². The molecule has 3 heterocycles. The molecule has 1 aromatic heterocycles. The summed E-state index contributed by atoms with van der Waals surface area (Å²) in [5.41, 5.74) is 0.703. The second kappa shape index (κ2) is 6.55. The van der Waals surface area contributed by atoms with Crippen molar-refractivity contribution in [2.24, 2.45) is 5.41 Å². The van der Waals surface area contributed by atoms with Crippen LogP contribution >= 0.6 is 0 Å². The minimum atomic E-state index is -3.63. The lowest BCUT2D eigenvalue weighted by atomic mass is 9.80. The fraction of sp³-hybridized carbons (Fsp3) is 0.263. The molecule has 2 saturated heterocycles. The molecule has 9 nitrogen and oxygen atoms in total. The SMILES string of the molecule is O=c1[nH]cnc2ccc(Oc3cccc(NS(=O)(=O)N4CC5(COC5)C4)c3)cc12. The van der Waals surface area contributed by atoms with Crippen molar-refractivity contribution in [3.05, 3.63) is 59.1 Å². The Balaban J connectivity index is 1.32. The summed E-state index contributed by atoms with van der Waals surface area (Å²) in [6.07, 6.45) is 1.35. The van der Waals surface area contributed by atoms with Crippen molar-refractivity contribution < 1.29 is 17.9 Å². The summed E-state index contributed by atoms with van der Waals surface area (Å²) in [7, 11) is -3.63. The Morgan fingerprint density at radius 2 is 1.93 bits per heavy atom. The lowest BCUT2D eigenvalue weighted by Crippen LogP contribution is -2.67. The van der Waals surface area contributed by atoms with E-state index in [9.17, 15) is 13.2 Å². The molecule has 29 heavy (non-hydrogen) atoms. The highest BCUT2D eigenvalue weighted by atomic mass is 32.2. The summed E-state index contributed by atoms with van der Waals surface area (Å²) in [5.74, 6) is 0.892. The molecular formula is C19H18N4O5S. The molecule has 0 amide bonds. The average molecular weight is 414 g/mol. The molecule has 5 rings (SSSR count). The van der Waals surface area contributed by atoms with Gasteiger partial charge in [0.25, 0.3) is 5.56 Å². The van der Waals surface area contributed by atoms with Crippen molar-refractivity contribution in [1.82, 2.24) is 14.3 Å². The summed E-state index contributed by atoms with van der Waals surface area (Å²) < 4.78 is 40.1. The number of nitrogens with zero attached hydrogens (tertiary/aromatic N) is 2. The van der Waals surface area contributed by atoms with Gasteiger partial charge in [-0.05, 0) is 30.3 Å². The first-order chi connectivity index (χ1) is 13.9. The second-order valence-electron chi connectivity index (χ2n) is 7.41. The fourth-order valence-electron chi connectivity index (χ4n) is 3.53. The van der Waals surface area contributed by atoms with E-state index in [1.165, 1.54) is 10.6 Å². The third kappa shape index (κ3) is 3.35. The Morgan fingerprint density at radius 3 is 2.69 bits per heavy atom. The molecule has 0 aliphatic carbocycles. The predicted octanol–water partition coefficient (Wildman–Crippen LogP) is 1.70. The number of H-pyrrole nitrogens is 1. The van der Waals surface area contributed by atoms with Crippen LogP contribution in [-0.2, 0) is 14.9 Å². The normalized spacial score (nSPS) is 18.2. The van der Waals surface area contributed by atoms with Crippen LogP contribution in [0.4, 0.5) is 5.69 Å². The van der Waals surface area contributed by atoms with Crippen LogP contribution < -0.4 is 15.0 Å². The van der Waals surface area contributed by atoms with Crippen LogP contribution in [-0.4, -0.2) is 49.0 Å². The van der Waals surface area contributed by atoms with E-state index in [-0.39, 0.29) is 11.0 Å². The number of fused-ring (bicyclic) bond motifs is 1. The smallest absolute Gasteiger partial charge is 0.301 e. The summed E-state index contributed by atoms with van der Waals surface area (Å²) in [4.78, 5) is 18.5. The van der Waals surface area contributed by atoms with E-state index in [4.69, 9.17) is 9.47 Å². The zero-order valence-electron chi connectivity index (χ0n) is 15.3. The standard InChI is InChI=1S/C19H18N4O5S/c24-18-16-7-15(4-5-17(16)20-12-21-18)28-14-3-1-2-13(6-14)22-29(25,26)23-8-19(9-23)10-27-11-19/h1-7,12,22H,8-11H2,(H,20,21,24). The maximum Gasteiger partial charge on any atom is 0.301 e. The Hall–Kier alpha value is -2.95. The van der Waals surface area contributed by atoms with Gasteiger partial charge in [0.05, 0.1) is 36.1 Å². The maximum absolute atomic E-state index is 12.6. The topological polar surface area (TPSA) is 114 Å². The molecule has 0 unspecified atom stereocenters. The van der Waals surface area contributed by atoms with Gasteiger partial charge in [0.2, 0.25) is 0 Å². The zero-order chi connectivity index (χ0) is 20.1. The Labute approximate surface area is 166 Å². The Bertz CT molecular complexity index is 1240. The van der Waals surface area contributed by atoms with Gasteiger partial charge in [-0.1, -0.05) is 6.07 Å². The van der Waals surface area contributed by atoms with Gasteiger partial charge >= 0.3 is 10.2 Å². The predicted molar refractivity (Wildman–Crippen MR) is 106 cm³/mol. The largest absolute Gasteiger partial charge is 0.457 e. The van der Waals surface area contributed by atoms with E-state index >= 15 is 0 Å². The number of hydrogen-bond donors (Lipinski definition) is 2. The minimum absolute atomic E-state index is 0.00248. The van der Waals surface area contributed by atoms with Gasteiger partial charge in [0.1, 0.15) is 11.5 Å². The lowest BCUT2D eigenvalue weighted by molar-refractivity contribution is -0.166. The van der Waals surface area contributed by atoms with Crippen molar-refractivity contribution in [2.75, 3.05) is 31.0 Å². The number of rotatable bonds is 5. The minimum Gasteiger partial charge on any atom is -0.457 e. The van der Waals surface area contributed by atoms with Gasteiger partial charge in [-0.25, -0.2) is 4.98 Å². The van der Waals surface area contributed by atoms with Gasteiger partial charge in [-0.15, -0.1) is 0 Å². The highest BCUT2D eigenvalue weighted by molar-refractivity contribution is 7.90. The molecule has 0 saturated carbocycles. The summed E-state index contributed by atoms with van der Waals surface area (Å²) in [5, 5.41) is 0.411. The highest BCUT2D eigenvalue weighted by Gasteiger charge is 2.53. The first-order valence-corrected chi connectivity index (χ1v) is 10.5. The van der Waals surface area contributed by atoms with Gasteiger partial charge in [0.15, 0.2) is 0 Å². The molecule has 3 aromatic rings. The average Bonchev–Trinajstić information content (AvgIpc) is 2.60. The molecule has 0 radical (unpaired) electrons. The molecule has 2 aromatic carbocycles. The Kier molecular flexibility index (Phi) is 4.09. The number of hydrogen-bond acceptors (Lipinski definition) is 6. The van der Waals surface area contributed by atoms with E-state index in [2.05, 4.69) is 14.7 Å².